The van der Waals surface area contributed by atoms with Crippen molar-refractivity contribution < 1.29 is 22.8 Å². The molecule has 41 heavy (non-hydrogen) atoms. The summed E-state index contributed by atoms with van der Waals surface area (Å²) in [6.07, 6.45) is 3.85. The Kier molecular flexibility index (Phi) is 8.60. The van der Waals surface area contributed by atoms with E-state index in [1.165, 1.54) is 6.07 Å². The molecular weight excluding hydrogens is 568 g/mol. The molecule has 2 aliphatic rings. The summed E-state index contributed by atoms with van der Waals surface area (Å²) in [4.78, 5) is 49.6. The van der Waals surface area contributed by atoms with Crippen molar-refractivity contribution in [1.82, 2.24) is 20.1 Å². The molecule has 4 atom stereocenters. The van der Waals surface area contributed by atoms with Crippen LogP contribution in [0.5, 0.6) is 0 Å². The lowest BCUT2D eigenvalue weighted by molar-refractivity contribution is -0.138. The third-order valence-electron chi connectivity index (χ3n) is 7.55. The van der Waals surface area contributed by atoms with Crippen LogP contribution in [0.25, 0.3) is 0 Å². The number of carbonyl (C=O) groups excluding carboxylic acids is 2. The fraction of sp³-hybridized carbons (Fsp3) is 0.345. The average molecular weight is 599 g/mol. The van der Waals surface area contributed by atoms with Gasteiger partial charge in [-0.15, -0.1) is 0 Å². The number of amides is 2. The van der Waals surface area contributed by atoms with Crippen molar-refractivity contribution in [3.05, 3.63) is 104 Å². The van der Waals surface area contributed by atoms with Crippen molar-refractivity contribution in [2.45, 2.75) is 56.3 Å². The van der Waals surface area contributed by atoms with Crippen LogP contribution in [-0.2, 0) is 26.3 Å². The molecular formula is C29H31ClN4O6S. The number of benzene rings is 2. The summed E-state index contributed by atoms with van der Waals surface area (Å²) < 4.78 is 27.3. The topological polar surface area (TPSA) is 138 Å². The zero-order valence-electron chi connectivity index (χ0n) is 22.4. The van der Waals surface area contributed by atoms with Gasteiger partial charge in [0.1, 0.15) is 6.61 Å². The second-order valence-corrected chi connectivity index (χ2v) is 12.6. The number of aromatic nitrogens is 1. The van der Waals surface area contributed by atoms with Gasteiger partial charge in [-0.05, 0) is 48.2 Å². The molecule has 2 heterocycles. The highest BCUT2D eigenvalue weighted by atomic mass is 35.5. The average Bonchev–Trinajstić information content (AvgIpc) is 2.93. The SMILES string of the molecule is CS(=O)(=O)N[C@H]1CCCC[C@@H]1N1C(=O)c2ccccc2[C@@H](C(=O)NOCc2cccc(=O)[nH]2)[C@@H]1c1ccc(Cl)cc1. The Labute approximate surface area is 243 Å². The minimum atomic E-state index is -3.56. The maximum Gasteiger partial charge on any atom is 0.255 e. The van der Waals surface area contributed by atoms with E-state index in [1.54, 1.807) is 65.6 Å². The number of halogens is 1. The molecule has 10 nitrogen and oxygen atoms in total. The Morgan fingerprint density at radius 1 is 1.02 bits per heavy atom. The van der Waals surface area contributed by atoms with E-state index in [2.05, 4.69) is 15.2 Å². The maximum absolute atomic E-state index is 14.2. The highest BCUT2D eigenvalue weighted by Gasteiger charge is 2.49. The van der Waals surface area contributed by atoms with Gasteiger partial charge in [0.25, 0.3) is 11.8 Å². The first kappa shape index (κ1) is 29.0. The number of aromatic amines is 1. The fourth-order valence-corrected chi connectivity index (χ4v) is 6.85. The normalized spacial score (nSPS) is 22.7. The molecule has 1 aliphatic heterocycles. The van der Waals surface area contributed by atoms with Crippen molar-refractivity contribution in [3.63, 3.8) is 0 Å². The van der Waals surface area contributed by atoms with Gasteiger partial charge in [0.15, 0.2) is 0 Å². The first-order chi connectivity index (χ1) is 19.6. The van der Waals surface area contributed by atoms with E-state index in [1.807, 2.05) is 0 Å². The quantitative estimate of drug-likeness (QED) is 0.340. The third-order valence-corrected chi connectivity index (χ3v) is 8.53. The fourth-order valence-electron chi connectivity index (χ4n) is 5.90. The molecule has 0 radical (unpaired) electrons. The van der Waals surface area contributed by atoms with Gasteiger partial charge in [-0.3, -0.25) is 19.2 Å². The summed E-state index contributed by atoms with van der Waals surface area (Å²) in [5, 5.41) is 0.498. The predicted molar refractivity (Wildman–Crippen MR) is 154 cm³/mol. The van der Waals surface area contributed by atoms with Gasteiger partial charge >= 0.3 is 0 Å². The van der Waals surface area contributed by atoms with E-state index in [0.29, 0.717) is 40.2 Å². The largest absolute Gasteiger partial charge is 0.326 e. The molecule has 2 aromatic carbocycles. The summed E-state index contributed by atoms with van der Waals surface area (Å²) in [6.45, 7) is -0.0760. The van der Waals surface area contributed by atoms with Gasteiger partial charge in [-0.25, -0.2) is 18.6 Å². The zero-order chi connectivity index (χ0) is 29.1. The van der Waals surface area contributed by atoms with Crippen molar-refractivity contribution in [3.8, 4) is 0 Å². The lowest BCUT2D eigenvalue weighted by atomic mass is 9.76. The molecule has 1 aromatic heterocycles. The molecule has 0 spiro atoms. The van der Waals surface area contributed by atoms with Crippen LogP contribution in [0.3, 0.4) is 0 Å². The van der Waals surface area contributed by atoms with Crippen molar-refractivity contribution in [2.75, 3.05) is 6.26 Å². The molecule has 0 bridgehead atoms. The standard InChI is InChI=1S/C29H31ClN4O6S/c1-41(38,39)33-23-10-4-5-11-24(23)34-27(18-13-15-19(30)16-14-18)26(21-8-2-3-9-22(21)29(34)37)28(36)32-40-17-20-7-6-12-25(35)31-20/h2-3,6-9,12-16,23-24,26-27,33H,4-5,10-11,17H2,1H3,(H,31,35)(H,32,36)/t23-,24-,26+,27-/m0/s1. The number of pyridine rings is 1. The number of H-pyrrole nitrogens is 1. The molecule has 0 saturated heterocycles. The summed E-state index contributed by atoms with van der Waals surface area (Å²) in [5.74, 6) is -1.66. The molecule has 2 amide bonds. The summed E-state index contributed by atoms with van der Waals surface area (Å²) >= 11 is 6.20. The first-order valence-electron chi connectivity index (χ1n) is 13.4. The number of nitrogens with one attached hydrogen (secondary N) is 3. The second-order valence-electron chi connectivity index (χ2n) is 10.4. The van der Waals surface area contributed by atoms with Crippen LogP contribution < -0.4 is 15.8 Å². The molecule has 1 aliphatic carbocycles. The Morgan fingerprint density at radius 2 is 1.76 bits per heavy atom. The van der Waals surface area contributed by atoms with E-state index in [9.17, 15) is 22.8 Å². The van der Waals surface area contributed by atoms with Crippen LogP contribution in [-0.4, -0.2) is 48.5 Å². The molecule has 3 aromatic rings. The van der Waals surface area contributed by atoms with Gasteiger partial charge < -0.3 is 9.88 Å². The molecule has 5 rings (SSSR count). The number of hydrogen-bond acceptors (Lipinski definition) is 6. The molecule has 216 valence electrons. The Morgan fingerprint density at radius 3 is 2.49 bits per heavy atom. The molecule has 3 N–H and O–H groups in total. The number of rotatable bonds is 8. The summed E-state index contributed by atoms with van der Waals surface area (Å²) in [5.41, 5.74) is 4.29. The smallest absolute Gasteiger partial charge is 0.255 e. The lowest BCUT2D eigenvalue weighted by Gasteiger charge is -2.49. The minimum absolute atomic E-state index is 0.0760. The van der Waals surface area contributed by atoms with Gasteiger partial charge in [0.2, 0.25) is 15.6 Å². The summed E-state index contributed by atoms with van der Waals surface area (Å²) in [7, 11) is -3.56. The highest BCUT2D eigenvalue weighted by Crippen LogP contribution is 2.46. The lowest BCUT2D eigenvalue weighted by Crippen LogP contribution is -2.59. The van der Waals surface area contributed by atoms with Crippen LogP contribution in [0.15, 0.2) is 71.5 Å². The molecule has 0 unspecified atom stereocenters. The van der Waals surface area contributed by atoms with E-state index in [-0.39, 0.29) is 18.1 Å². The van der Waals surface area contributed by atoms with Crippen LogP contribution in [0.1, 0.15) is 64.8 Å². The van der Waals surface area contributed by atoms with E-state index in [4.69, 9.17) is 16.4 Å². The van der Waals surface area contributed by atoms with Crippen LogP contribution >= 0.6 is 11.6 Å². The van der Waals surface area contributed by atoms with E-state index < -0.39 is 40.0 Å². The second kappa shape index (κ2) is 12.2. The number of sulfonamides is 1. The number of fused-ring (bicyclic) bond motifs is 1. The Balaban J connectivity index is 1.56. The van der Waals surface area contributed by atoms with Crippen molar-refractivity contribution >= 4 is 33.4 Å². The first-order valence-corrected chi connectivity index (χ1v) is 15.6. The number of carbonyl (C=O) groups is 2. The number of nitrogens with zero attached hydrogens (tertiary/aromatic N) is 1. The van der Waals surface area contributed by atoms with Gasteiger partial charge in [-0.1, -0.05) is 60.8 Å². The summed E-state index contributed by atoms with van der Waals surface area (Å²) in [6, 6.07) is 16.7. The minimum Gasteiger partial charge on any atom is -0.326 e. The third kappa shape index (κ3) is 6.54. The van der Waals surface area contributed by atoms with Crippen molar-refractivity contribution in [1.29, 1.82) is 0 Å². The predicted octanol–water partition coefficient (Wildman–Crippen LogP) is 3.42. The zero-order valence-corrected chi connectivity index (χ0v) is 24.0. The van der Waals surface area contributed by atoms with Gasteiger partial charge in [0.05, 0.1) is 18.2 Å². The van der Waals surface area contributed by atoms with Crippen LogP contribution in [0.2, 0.25) is 5.02 Å². The van der Waals surface area contributed by atoms with Crippen molar-refractivity contribution in [2.24, 2.45) is 0 Å². The van der Waals surface area contributed by atoms with Crippen LogP contribution in [0, 0.1) is 0 Å². The van der Waals surface area contributed by atoms with E-state index in [0.717, 1.165) is 19.1 Å². The molecule has 1 saturated carbocycles. The van der Waals surface area contributed by atoms with Crippen LogP contribution in [0.4, 0.5) is 0 Å². The number of hydroxylamine groups is 1. The monoisotopic (exact) mass is 598 g/mol. The molecule has 12 heteroatoms. The van der Waals surface area contributed by atoms with Gasteiger partial charge in [0, 0.05) is 34.4 Å². The van der Waals surface area contributed by atoms with E-state index >= 15 is 0 Å². The molecule has 1 fully saturated rings. The maximum atomic E-state index is 14.2. The Hall–Kier alpha value is -3.51. The number of hydrogen-bond donors (Lipinski definition) is 3. The Bertz CT molecular complexity index is 1590. The highest BCUT2D eigenvalue weighted by molar-refractivity contribution is 7.88. The van der Waals surface area contributed by atoms with Gasteiger partial charge in [-0.2, -0.15) is 0 Å².